The van der Waals surface area contributed by atoms with E-state index in [9.17, 15) is 0 Å². The van der Waals surface area contributed by atoms with E-state index in [0.29, 0.717) is 24.0 Å². The normalized spacial score (nSPS) is 20.6. The number of benzene rings is 1. The van der Waals surface area contributed by atoms with Crippen molar-refractivity contribution in [3.63, 3.8) is 0 Å². The third kappa shape index (κ3) is 4.38. The fourth-order valence-corrected chi connectivity index (χ4v) is 3.15. The molecule has 1 aliphatic rings. The minimum Gasteiger partial charge on any atom is -0.486 e. The highest BCUT2D eigenvalue weighted by Crippen LogP contribution is 2.30. The Kier molecular flexibility index (Phi) is 6.30. The average Bonchev–Trinajstić information content (AvgIpc) is 3.06. The van der Waals surface area contributed by atoms with Gasteiger partial charge in [-0.05, 0) is 30.7 Å². The molecule has 2 atom stereocenters. The monoisotopic (exact) mass is 349 g/mol. The number of nitrogens with zero attached hydrogens (tertiary/aromatic N) is 1. The summed E-state index contributed by atoms with van der Waals surface area (Å²) in [5.41, 5.74) is 0.763. The Morgan fingerprint density at radius 1 is 1.25 bits per heavy atom. The lowest BCUT2D eigenvalue weighted by Crippen LogP contribution is -2.20. The summed E-state index contributed by atoms with van der Waals surface area (Å²) in [5, 5.41) is 1.56. The highest BCUT2D eigenvalue weighted by atomic mass is 35.5. The van der Waals surface area contributed by atoms with Crippen LogP contribution in [0.4, 0.5) is 0 Å². The molecule has 0 amide bonds. The Hall–Kier alpha value is -1.36. The molecule has 2 heterocycles. The highest BCUT2D eigenvalue weighted by molar-refractivity contribution is 6.35. The maximum Gasteiger partial charge on any atom is 0.192 e. The van der Waals surface area contributed by atoms with Crippen LogP contribution in [0.1, 0.15) is 39.0 Å². The van der Waals surface area contributed by atoms with Crippen LogP contribution in [-0.2, 0) is 9.47 Å². The first-order valence-electron chi connectivity index (χ1n) is 8.71. The lowest BCUT2D eigenvalue weighted by atomic mass is 10.1. The zero-order chi connectivity index (χ0) is 16.8. The number of unbranched alkanes of at least 4 members (excludes halogenated alkanes) is 3. The number of rotatable bonds is 8. The van der Waals surface area contributed by atoms with E-state index in [-0.39, 0.29) is 12.4 Å². The number of hydrogen-bond acceptors (Lipinski definition) is 4. The molecular weight excluding hydrogens is 326 g/mol. The van der Waals surface area contributed by atoms with E-state index < -0.39 is 0 Å². The molecule has 2 unspecified atom stereocenters. The first kappa shape index (κ1) is 17.5. The van der Waals surface area contributed by atoms with Crippen molar-refractivity contribution in [2.75, 3.05) is 13.2 Å². The summed E-state index contributed by atoms with van der Waals surface area (Å²) in [5.74, 6) is 0.702. The van der Waals surface area contributed by atoms with E-state index in [0.717, 1.165) is 17.3 Å². The minimum absolute atomic E-state index is 0.190. The molecule has 5 heteroatoms. The quantitative estimate of drug-likeness (QED) is 0.630. The number of halogens is 1. The minimum atomic E-state index is -0.310. The van der Waals surface area contributed by atoms with Crippen molar-refractivity contribution in [2.24, 2.45) is 0 Å². The summed E-state index contributed by atoms with van der Waals surface area (Å²) in [7, 11) is 0. The van der Waals surface area contributed by atoms with Crippen LogP contribution in [-0.4, -0.2) is 30.6 Å². The number of ether oxygens (including phenoxy) is 3. The van der Waals surface area contributed by atoms with Gasteiger partial charge in [-0.2, -0.15) is 0 Å². The number of aromatic nitrogens is 1. The molecule has 24 heavy (non-hydrogen) atoms. The lowest BCUT2D eigenvalue weighted by molar-refractivity contribution is -0.0824. The third-order valence-electron chi connectivity index (χ3n) is 4.25. The fraction of sp³-hybridized carbons (Fsp3) is 0.526. The molecule has 4 nitrogen and oxygen atoms in total. The molecule has 0 radical (unpaired) electrons. The van der Waals surface area contributed by atoms with Crippen molar-refractivity contribution in [1.82, 2.24) is 4.98 Å². The molecule has 1 aromatic heterocycles. The van der Waals surface area contributed by atoms with Crippen molar-refractivity contribution < 1.29 is 14.2 Å². The fourth-order valence-electron chi connectivity index (χ4n) is 2.93. The molecule has 0 N–H and O–H groups in total. The molecule has 0 saturated carbocycles. The summed E-state index contributed by atoms with van der Waals surface area (Å²) in [6, 6.07) is 7.47. The van der Waals surface area contributed by atoms with Crippen LogP contribution in [0.25, 0.3) is 10.9 Å². The van der Waals surface area contributed by atoms with Gasteiger partial charge in [0.15, 0.2) is 6.29 Å². The summed E-state index contributed by atoms with van der Waals surface area (Å²) in [4.78, 5) is 4.37. The predicted molar refractivity (Wildman–Crippen MR) is 95.6 cm³/mol. The van der Waals surface area contributed by atoms with Crippen molar-refractivity contribution in [3.05, 3.63) is 35.5 Å². The second-order valence-corrected chi connectivity index (χ2v) is 6.53. The van der Waals surface area contributed by atoms with Crippen molar-refractivity contribution in [2.45, 2.75) is 51.4 Å². The van der Waals surface area contributed by atoms with Crippen LogP contribution in [0, 0.1) is 0 Å². The van der Waals surface area contributed by atoms with E-state index in [4.69, 9.17) is 25.8 Å². The molecule has 0 bridgehead atoms. The van der Waals surface area contributed by atoms with E-state index in [1.807, 2.05) is 24.3 Å². The Morgan fingerprint density at radius 3 is 3.04 bits per heavy atom. The lowest BCUT2D eigenvalue weighted by Gasteiger charge is -2.14. The SMILES string of the molecule is CCCCCCC1COC(COc2ccc(Cl)c3cccnc23)O1. The number of pyridine rings is 1. The molecule has 130 valence electrons. The van der Waals surface area contributed by atoms with E-state index in [1.165, 1.54) is 25.7 Å². The number of hydrogen-bond donors (Lipinski definition) is 0. The van der Waals surface area contributed by atoms with Crippen LogP contribution in [0.15, 0.2) is 30.5 Å². The Bertz CT molecular complexity index is 664. The maximum absolute atomic E-state index is 6.20. The van der Waals surface area contributed by atoms with Gasteiger partial charge in [-0.3, -0.25) is 4.98 Å². The molecule has 1 saturated heterocycles. The highest BCUT2D eigenvalue weighted by Gasteiger charge is 2.26. The molecule has 0 spiro atoms. The van der Waals surface area contributed by atoms with Crippen molar-refractivity contribution in [3.8, 4) is 5.75 Å². The van der Waals surface area contributed by atoms with Crippen molar-refractivity contribution in [1.29, 1.82) is 0 Å². The van der Waals surface area contributed by atoms with Gasteiger partial charge in [-0.25, -0.2) is 0 Å². The smallest absolute Gasteiger partial charge is 0.192 e. The van der Waals surface area contributed by atoms with Crippen LogP contribution < -0.4 is 4.74 Å². The zero-order valence-corrected chi connectivity index (χ0v) is 14.8. The Labute approximate surface area is 148 Å². The summed E-state index contributed by atoms with van der Waals surface area (Å²) >= 11 is 6.20. The summed E-state index contributed by atoms with van der Waals surface area (Å²) < 4.78 is 17.5. The average molecular weight is 350 g/mol. The first-order chi connectivity index (χ1) is 11.8. The summed E-state index contributed by atoms with van der Waals surface area (Å²) in [6.07, 6.45) is 7.67. The molecule has 0 aliphatic carbocycles. The molecule has 2 aromatic rings. The standard InChI is InChI=1S/C19H24ClNO3/c1-2-3-4-5-7-14-12-23-18(24-14)13-22-17-10-9-16(20)15-8-6-11-21-19(15)17/h6,8-11,14,18H,2-5,7,12-13H2,1H3. The zero-order valence-electron chi connectivity index (χ0n) is 14.0. The molecule has 1 fully saturated rings. The van der Waals surface area contributed by atoms with Crippen LogP contribution in [0.2, 0.25) is 5.02 Å². The van der Waals surface area contributed by atoms with Gasteiger partial charge in [-0.15, -0.1) is 0 Å². The Balaban J connectivity index is 1.51. The van der Waals surface area contributed by atoms with E-state index in [1.54, 1.807) is 6.20 Å². The molecule has 1 aromatic carbocycles. The van der Waals surface area contributed by atoms with Crippen molar-refractivity contribution >= 4 is 22.5 Å². The predicted octanol–water partition coefficient (Wildman–Crippen LogP) is 4.98. The van der Waals surface area contributed by atoms with Gasteiger partial charge in [0.25, 0.3) is 0 Å². The molecule has 3 rings (SSSR count). The second-order valence-electron chi connectivity index (χ2n) is 6.13. The topological polar surface area (TPSA) is 40.6 Å². The Morgan fingerprint density at radius 2 is 2.17 bits per heavy atom. The second kappa shape index (κ2) is 8.65. The van der Waals surface area contributed by atoms with E-state index >= 15 is 0 Å². The van der Waals surface area contributed by atoms with Gasteiger partial charge >= 0.3 is 0 Å². The maximum atomic E-state index is 6.20. The van der Waals surface area contributed by atoms with Gasteiger partial charge in [0.2, 0.25) is 0 Å². The molecule has 1 aliphatic heterocycles. The van der Waals surface area contributed by atoms with Gasteiger partial charge in [-0.1, -0.05) is 44.2 Å². The van der Waals surface area contributed by atoms with Crippen LogP contribution >= 0.6 is 11.6 Å². The largest absolute Gasteiger partial charge is 0.486 e. The first-order valence-corrected chi connectivity index (χ1v) is 9.09. The van der Waals surface area contributed by atoms with Gasteiger partial charge in [0, 0.05) is 11.6 Å². The molecular formula is C19H24ClNO3. The van der Waals surface area contributed by atoms with Crippen LogP contribution in [0.5, 0.6) is 5.75 Å². The van der Waals surface area contributed by atoms with Gasteiger partial charge < -0.3 is 14.2 Å². The van der Waals surface area contributed by atoms with Gasteiger partial charge in [0.05, 0.1) is 17.7 Å². The van der Waals surface area contributed by atoms with Gasteiger partial charge in [0.1, 0.15) is 17.9 Å². The van der Waals surface area contributed by atoms with E-state index in [2.05, 4.69) is 11.9 Å². The van der Waals surface area contributed by atoms with Crippen LogP contribution in [0.3, 0.4) is 0 Å². The number of fused-ring (bicyclic) bond motifs is 1. The third-order valence-corrected chi connectivity index (χ3v) is 4.58. The summed E-state index contributed by atoms with van der Waals surface area (Å²) in [6.45, 7) is 3.23.